The lowest BCUT2D eigenvalue weighted by Crippen LogP contribution is -2.23. The number of hydrogen-bond donors (Lipinski definition) is 0. The highest BCUT2D eigenvalue weighted by molar-refractivity contribution is 6.00. The number of ether oxygens (including phenoxy) is 1. The summed E-state index contributed by atoms with van der Waals surface area (Å²) in [4.78, 5) is 18.9. The minimum atomic E-state index is -0.738. The van der Waals surface area contributed by atoms with Crippen LogP contribution in [0.4, 0.5) is 8.78 Å². The molecule has 0 spiro atoms. The van der Waals surface area contributed by atoms with Gasteiger partial charge in [-0.05, 0) is 47.9 Å². The highest BCUT2D eigenvalue weighted by atomic mass is 19.1. The van der Waals surface area contributed by atoms with Crippen LogP contribution in [0.15, 0.2) is 67.0 Å². The van der Waals surface area contributed by atoms with E-state index in [2.05, 4.69) is 15.2 Å². The monoisotopic (exact) mass is 444 g/mol. The summed E-state index contributed by atoms with van der Waals surface area (Å²) >= 11 is 0. The average Bonchev–Trinajstić information content (AvgIpc) is 3.13. The first-order valence-corrected chi connectivity index (χ1v) is 10.3. The van der Waals surface area contributed by atoms with E-state index in [1.165, 1.54) is 6.20 Å². The van der Waals surface area contributed by atoms with E-state index < -0.39 is 11.6 Å². The molecule has 0 N–H and O–H groups in total. The number of carbonyl (C=O) groups is 1. The van der Waals surface area contributed by atoms with Gasteiger partial charge in [0, 0.05) is 30.9 Å². The van der Waals surface area contributed by atoms with Gasteiger partial charge < -0.3 is 9.64 Å². The third-order valence-corrected chi connectivity index (χ3v) is 5.40. The van der Waals surface area contributed by atoms with Crippen LogP contribution in [0.5, 0.6) is 11.6 Å². The number of benzene rings is 2. The molecule has 2 aromatic heterocycles. The van der Waals surface area contributed by atoms with E-state index in [0.717, 1.165) is 46.1 Å². The van der Waals surface area contributed by atoms with Gasteiger partial charge in [0.05, 0.1) is 11.9 Å². The Balaban J connectivity index is 1.35. The molecule has 0 aliphatic carbocycles. The van der Waals surface area contributed by atoms with Crippen molar-refractivity contribution in [3.63, 3.8) is 0 Å². The van der Waals surface area contributed by atoms with Gasteiger partial charge >= 0.3 is 0 Å². The zero-order valence-corrected chi connectivity index (χ0v) is 17.6. The second-order valence-corrected chi connectivity index (χ2v) is 7.77. The Bertz CT molecular complexity index is 1360. The van der Waals surface area contributed by atoms with Crippen LogP contribution in [0.2, 0.25) is 0 Å². The fraction of sp³-hybridized carbons (Fsp3) is 0.120. The number of hydrogen-bond acceptors (Lipinski definition) is 5. The Morgan fingerprint density at radius 3 is 2.64 bits per heavy atom. The molecule has 0 saturated carbocycles. The van der Waals surface area contributed by atoms with E-state index in [1.54, 1.807) is 17.2 Å². The van der Waals surface area contributed by atoms with Gasteiger partial charge in [0.2, 0.25) is 5.88 Å². The number of amides is 1. The number of nitrogens with zero attached hydrogens (tertiary/aromatic N) is 4. The Kier molecular flexibility index (Phi) is 5.26. The lowest BCUT2D eigenvalue weighted by Gasteiger charge is -2.16. The molecule has 0 radical (unpaired) electrons. The minimum absolute atomic E-state index is 0.0413. The van der Waals surface area contributed by atoms with Gasteiger partial charge in [0.1, 0.15) is 11.4 Å². The molecule has 33 heavy (non-hydrogen) atoms. The number of carbonyl (C=O) groups excluding carboxylic acids is 1. The molecule has 2 aromatic carbocycles. The first-order chi connectivity index (χ1) is 16.0. The smallest absolute Gasteiger partial charge is 0.260 e. The highest BCUT2D eigenvalue weighted by Crippen LogP contribution is 2.34. The summed E-state index contributed by atoms with van der Waals surface area (Å²) in [5.74, 6) is -2.02. The normalized spacial score (nSPS) is 12.7. The Morgan fingerprint density at radius 2 is 1.85 bits per heavy atom. The van der Waals surface area contributed by atoms with Crippen LogP contribution in [0.1, 0.15) is 27.2 Å². The lowest BCUT2D eigenvalue weighted by molar-refractivity contribution is 0.0764. The molecule has 1 aliphatic heterocycles. The molecule has 3 heterocycles. The molecule has 0 fully saturated rings. The maximum atomic E-state index is 14.0. The summed E-state index contributed by atoms with van der Waals surface area (Å²) in [7, 11) is 0. The van der Waals surface area contributed by atoms with Gasteiger partial charge in [-0.15, -0.1) is 0 Å². The molecule has 4 aromatic rings. The Labute approximate surface area is 188 Å². The second kappa shape index (κ2) is 8.38. The van der Waals surface area contributed by atoms with Crippen molar-refractivity contribution in [1.29, 1.82) is 0 Å². The maximum Gasteiger partial charge on any atom is 0.260 e. The number of aryl methyl sites for hydroxylation is 1. The summed E-state index contributed by atoms with van der Waals surface area (Å²) in [6.07, 6.45) is 3.19. The Hall–Kier alpha value is -4.20. The topological polar surface area (TPSA) is 68.2 Å². The summed E-state index contributed by atoms with van der Waals surface area (Å²) in [5.41, 5.74) is 4.74. The van der Waals surface area contributed by atoms with Gasteiger partial charge in [0.15, 0.2) is 11.6 Å². The SMILES string of the molecule is Cc1cc(-c2ccc(CN3Cc4ccnc(Oc5cc(F)ccc5F)c4C3=O)cc2)cnn1. The molecule has 0 bridgehead atoms. The van der Waals surface area contributed by atoms with Crippen LogP contribution in [-0.2, 0) is 13.1 Å². The molecule has 164 valence electrons. The lowest BCUT2D eigenvalue weighted by atomic mass is 10.1. The molecular formula is C25H18F2N4O2. The van der Waals surface area contributed by atoms with Crippen LogP contribution in [0, 0.1) is 18.6 Å². The van der Waals surface area contributed by atoms with Crippen LogP contribution in [-0.4, -0.2) is 26.0 Å². The van der Waals surface area contributed by atoms with Crippen LogP contribution >= 0.6 is 0 Å². The van der Waals surface area contributed by atoms with Crippen LogP contribution in [0.25, 0.3) is 11.1 Å². The Morgan fingerprint density at radius 1 is 1.03 bits per heavy atom. The van der Waals surface area contributed by atoms with Crippen molar-refractivity contribution in [1.82, 2.24) is 20.1 Å². The molecule has 5 rings (SSSR count). The third kappa shape index (κ3) is 4.15. The first-order valence-electron chi connectivity index (χ1n) is 10.3. The van der Waals surface area contributed by atoms with Crippen molar-refractivity contribution in [2.24, 2.45) is 0 Å². The molecule has 6 nitrogen and oxygen atoms in total. The average molecular weight is 444 g/mol. The van der Waals surface area contributed by atoms with E-state index in [0.29, 0.717) is 13.1 Å². The summed E-state index contributed by atoms with van der Waals surface area (Å²) < 4.78 is 33.0. The largest absolute Gasteiger partial charge is 0.435 e. The maximum absolute atomic E-state index is 14.0. The van der Waals surface area contributed by atoms with E-state index in [-0.39, 0.29) is 23.1 Å². The third-order valence-electron chi connectivity index (χ3n) is 5.40. The number of rotatable bonds is 5. The number of halogens is 2. The molecule has 1 amide bonds. The predicted molar refractivity (Wildman–Crippen MR) is 116 cm³/mol. The van der Waals surface area contributed by atoms with Crippen molar-refractivity contribution in [2.75, 3.05) is 0 Å². The van der Waals surface area contributed by atoms with Gasteiger partial charge in [-0.3, -0.25) is 4.79 Å². The zero-order chi connectivity index (χ0) is 22.9. The number of aromatic nitrogens is 3. The predicted octanol–water partition coefficient (Wildman–Crippen LogP) is 5.07. The van der Waals surface area contributed by atoms with Crippen LogP contribution < -0.4 is 4.74 Å². The van der Waals surface area contributed by atoms with Crippen molar-refractivity contribution in [2.45, 2.75) is 20.0 Å². The van der Waals surface area contributed by atoms with E-state index in [9.17, 15) is 13.6 Å². The van der Waals surface area contributed by atoms with E-state index >= 15 is 0 Å². The fourth-order valence-electron chi connectivity index (χ4n) is 3.80. The number of pyridine rings is 1. The van der Waals surface area contributed by atoms with E-state index in [1.807, 2.05) is 37.3 Å². The summed E-state index contributed by atoms with van der Waals surface area (Å²) in [6.45, 7) is 2.64. The van der Waals surface area contributed by atoms with Gasteiger partial charge in [-0.2, -0.15) is 10.2 Å². The molecule has 0 unspecified atom stereocenters. The minimum Gasteiger partial charge on any atom is -0.435 e. The standard InChI is InChI=1S/C25H18F2N4O2/c1-15-10-19(12-29-30-15)17-4-2-16(3-5-17)13-31-14-18-8-9-28-24(23(18)25(31)32)33-22-11-20(26)6-7-21(22)27/h2-12H,13-14H2,1H3. The molecule has 0 saturated heterocycles. The zero-order valence-electron chi connectivity index (χ0n) is 17.6. The van der Waals surface area contributed by atoms with Crippen molar-refractivity contribution < 1.29 is 18.3 Å². The molecular weight excluding hydrogens is 426 g/mol. The summed E-state index contributed by atoms with van der Waals surface area (Å²) in [6, 6.07) is 14.4. The number of fused-ring (bicyclic) bond motifs is 1. The summed E-state index contributed by atoms with van der Waals surface area (Å²) in [5, 5.41) is 7.96. The first kappa shape index (κ1) is 20.7. The quantitative estimate of drug-likeness (QED) is 0.430. The van der Waals surface area contributed by atoms with Gasteiger partial charge in [-0.25, -0.2) is 13.8 Å². The molecule has 0 atom stereocenters. The second-order valence-electron chi connectivity index (χ2n) is 7.77. The molecule has 8 heteroatoms. The van der Waals surface area contributed by atoms with Crippen LogP contribution in [0.3, 0.4) is 0 Å². The van der Waals surface area contributed by atoms with Gasteiger partial charge in [0.25, 0.3) is 5.91 Å². The van der Waals surface area contributed by atoms with Crippen molar-refractivity contribution in [3.05, 3.63) is 101 Å². The highest BCUT2D eigenvalue weighted by Gasteiger charge is 2.32. The molecule has 1 aliphatic rings. The van der Waals surface area contributed by atoms with Crippen molar-refractivity contribution in [3.8, 4) is 22.8 Å². The van der Waals surface area contributed by atoms with Crippen molar-refractivity contribution >= 4 is 5.91 Å². The van der Waals surface area contributed by atoms with E-state index in [4.69, 9.17) is 4.74 Å². The fourth-order valence-corrected chi connectivity index (χ4v) is 3.80. The van der Waals surface area contributed by atoms with Gasteiger partial charge in [-0.1, -0.05) is 24.3 Å².